The topological polar surface area (TPSA) is 75.4 Å². The lowest BCUT2D eigenvalue weighted by molar-refractivity contribution is -0.133. The number of amides is 3. The molecule has 0 radical (unpaired) electrons. The summed E-state index contributed by atoms with van der Waals surface area (Å²) in [7, 11) is 0. The summed E-state index contributed by atoms with van der Waals surface area (Å²) in [6, 6.07) is 12.9. The minimum atomic E-state index is -0.660. The maximum atomic E-state index is 13.1. The second-order valence-electron chi connectivity index (χ2n) is 7.00. The van der Waals surface area contributed by atoms with Gasteiger partial charge >= 0.3 is 6.03 Å². The summed E-state index contributed by atoms with van der Waals surface area (Å²) in [6.45, 7) is 2.37. The monoisotopic (exact) mass is 369 g/mol. The number of urea groups is 1. The first kappa shape index (κ1) is 18.9. The number of halogens is 1. The van der Waals surface area contributed by atoms with E-state index >= 15 is 0 Å². The predicted molar refractivity (Wildman–Crippen MR) is 101 cm³/mol. The van der Waals surface area contributed by atoms with E-state index < -0.39 is 12.1 Å². The van der Waals surface area contributed by atoms with E-state index in [1.54, 1.807) is 12.1 Å². The van der Waals surface area contributed by atoms with Crippen molar-refractivity contribution >= 4 is 11.9 Å². The Kier molecular flexibility index (Phi) is 5.74. The molecule has 3 N–H and O–H groups in total. The molecule has 1 unspecified atom stereocenters. The van der Waals surface area contributed by atoms with E-state index in [1.165, 1.54) is 12.1 Å². The van der Waals surface area contributed by atoms with E-state index in [-0.39, 0.29) is 24.2 Å². The molecule has 2 aromatic rings. The van der Waals surface area contributed by atoms with Crippen LogP contribution in [0.1, 0.15) is 42.0 Å². The standard InChI is InChI=1S/C21H24FN3O2/c1-14-4-2-3-5-18(14)19(24-21(23)27)12-20(26)25(17-10-11-17)13-15-6-8-16(22)9-7-15/h2-9,17,19H,10-13H2,1H3,(H3,23,24,27). The van der Waals surface area contributed by atoms with E-state index in [2.05, 4.69) is 5.32 Å². The highest BCUT2D eigenvalue weighted by molar-refractivity contribution is 5.79. The molecule has 6 heteroatoms. The zero-order chi connectivity index (χ0) is 19.4. The highest BCUT2D eigenvalue weighted by Gasteiger charge is 2.34. The number of hydrogen-bond acceptors (Lipinski definition) is 2. The van der Waals surface area contributed by atoms with Gasteiger partial charge in [0.1, 0.15) is 5.82 Å². The number of carbonyl (C=O) groups excluding carboxylic acids is 2. The molecule has 1 fully saturated rings. The van der Waals surface area contributed by atoms with Crippen LogP contribution in [0.15, 0.2) is 48.5 Å². The van der Waals surface area contributed by atoms with Crippen molar-refractivity contribution in [1.29, 1.82) is 0 Å². The van der Waals surface area contributed by atoms with Crippen LogP contribution in [0.5, 0.6) is 0 Å². The molecule has 1 aliphatic rings. The summed E-state index contributed by atoms with van der Waals surface area (Å²) in [4.78, 5) is 26.3. The van der Waals surface area contributed by atoms with Crippen LogP contribution in [-0.4, -0.2) is 22.9 Å². The number of nitrogens with two attached hydrogens (primary N) is 1. The lowest BCUT2D eigenvalue weighted by atomic mass is 9.98. The third-order valence-electron chi connectivity index (χ3n) is 4.83. The number of rotatable bonds is 7. The average Bonchev–Trinajstić information content (AvgIpc) is 3.45. The molecule has 1 aliphatic carbocycles. The summed E-state index contributed by atoms with van der Waals surface area (Å²) in [5, 5.41) is 2.70. The van der Waals surface area contributed by atoms with Crippen LogP contribution in [0.25, 0.3) is 0 Å². The third-order valence-corrected chi connectivity index (χ3v) is 4.83. The molecule has 5 nitrogen and oxygen atoms in total. The minimum Gasteiger partial charge on any atom is -0.352 e. The molecule has 0 aromatic heterocycles. The fourth-order valence-electron chi connectivity index (χ4n) is 3.27. The summed E-state index contributed by atoms with van der Waals surface area (Å²) in [5.74, 6) is -0.350. The third kappa shape index (κ3) is 5.06. The molecule has 0 spiro atoms. The quantitative estimate of drug-likeness (QED) is 0.785. The summed E-state index contributed by atoms with van der Waals surface area (Å²) in [6.07, 6.45) is 2.06. The van der Waals surface area contributed by atoms with Gasteiger partial charge in [0.2, 0.25) is 5.91 Å². The van der Waals surface area contributed by atoms with Crippen LogP contribution >= 0.6 is 0 Å². The van der Waals surface area contributed by atoms with Crippen molar-refractivity contribution < 1.29 is 14.0 Å². The normalized spacial score (nSPS) is 14.4. The van der Waals surface area contributed by atoms with Gasteiger partial charge in [0, 0.05) is 12.6 Å². The molecule has 142 valence electrons. The Bertz CT molecular complexity index is 818. The van der Waals surface area contributed by atoms with Crippen molar-refractivity contribution in [3.05, 3.63) is 71.0 Å². The fourth-order valence-corrected chi connectivity index (χ4v) is 3.27. The Hall–Kier alpha value is -2.89. The lowest BCUT2D eigenvalue weighted by Crippen LogP contribution is -2.39. The van der Waals surface area contributed by atoms with Crippen molar-refractivity contribution in [3.8, 4) is 0 Å². The molecule has 2 aromatic carbocycles. The van der Waals surface area contributed by atoms with Gasteiger partial charge in [0.05, 0.1) is 12.5 Å². The largest absolute Gasteiger partial charge is 0.352 e. The summed E-state index contributed by atoms with van der Waals surface area (Å²) >= 11 is 0. The highest BCUT2D eigenvalue weighted by Crippen LogP contribution is 2.31. The van der Waals surface area contributed by atoms with Crippen LogP contribution in [0.4, 0.5) is 9.18 Å². The molecule has 3 rings (SSSR count). The van der Waals surface area contributed by atoms with Crippen LogP contribution in [0.3, 0.4) is 0 Å². The maximum absolute atomic E-state index is 13.1. The number of benzene rings is 2. The summed E-state index contributed by atoms with van der Waals surface area (Å²) < 4.78 is 13.1. The molecular formula is C21H24FN3O2. The van der Waals surface area contributed by atoms with Crippen molar-refractivity contribution in [3.63, 3.8) is 0 Å². The Morgan fingerprint density at radius 3 is 2.44 bits per heavy atom. The second kappa shape index (κ2) is 8.20. The Morgan fingerprint density at radius 2 is 1.85 bits per heavy atom. The van der Waals surface area contributed by atoms with Crippen molar-refractivity contribution in [2.45, 2.75) is 44.8 Å². The van der Waals surface area contributed by atoms with Gasteiger partial charge in [-0.25, -0.2) is 9.18 Å². The van der Waals surface area contributed by atoms with Crippen LogP contribution in [-0.2, 0) is 11.3 Å². The van der Waals surface area contributed by atoms with E-state index in [0.29, 0.717) is 6.54 Å². The second-order valence-corrected chi connectivity index (χ2v) is 7.00. The molecule has 27 heavy (non-hydrogen) atoms. The molecule has 0 bridgehead atoms. The number of hydrogen-bond donors (Lipinski definition) is 2. The van der Waals surface area contributed by atoms with Crippen LogP contribution < -0.4 is 11.1 Å². The van der Waals surface area contributed by atoms with Crippen LogP contribution in [0, 0.1) is 12.7 Å². The van der Waals surface area contributed by atoms with E-state index in [1.807, 2.05) is 36.1 Å². The maximum Gasteiger partial charge on any atom is 0.312 e. The molecule has 0 heterocycles. The minimum absolute atomic E-state index is 0.0520. The van der Waals surface area contributed by atoms with Gasteiger partial charge < -0.3 is 16.0 Å². The fraction of sp³-hybridized carbons (Fsp3) is 0.333. The Morgan fingerprint density at radius 1 is 1.19 bits per heavy atom. The average molecular weight is 369 g/mol. The summed E-state index contributed by atoms with van der Waals surface area (Å²) in [5.41, 5.74) is 8.08. The van der Waals surface area contributed by atoms with E-state index in [4.69, 9.17) is 5.73 Å². The zero-order valence-corrected chi connectivity index (χ0v) is 15.3. The van der Waals surface area contributed by atoms with E-state index in [0.717, 1.165) is 29.5 Å². The van der Waals surface area contributed by atoms with Gasteiger partial charge in [-0.15, -0.1) is 0 Å². The number of nitrogens with one attached hydrogen (secondary N) is 1. The molecular weight excluding hydrogens is 345 g/mol. The Labute approximate surface area is 158 Å². The smallest absolute Gasteiger partial charge is 0.312 e. The van der Waals surface area contributed by atoms with Gasteiger partial charge in [-0.1, -0.05) is 36.4 Å². The molecule has 1 saturated carbocycles. The first-order valence-corrected chi connectivity index (χ1v) is 9.09. The number of primary amides is 1. The predicted octanol–water partition coefficient (Wildman–Crippen LogP) is 3.42. The highest BCUT2D eigenvalue weighted by atomic mass is 19.1. The van der Waals surface area contributed by atoms with Crippen molar-refractivity contribution in [1.82, 2.24) is 10.2 Å². The van der Waals surface area contributed by atoms with Crippen molar-refractivity contribution in [2.75, 3.05) is 0 Å². The van der Waals surface area contributed by atoms with Crippen molar-refractivity contribution in [2.24, 2.45) is 5.73 Å². The molecule has 1 atom stereocenters. The first-order chi connectivity index (χ1) is 12.9. The molecule has 0 saturated heterocycles. The van der Waals surface area contributed by atoms with Gasteiger partial charge in [0.15, 0.2) is 0 Å². The van der Waals surface area contributed by atoms with E-state index in [9.17, 15) is 14.0 Å². The SMILES string of the molecule is Cc1ccccc1C(CC(=O)N(Cc1ccc(F)cc1)C1CC1)NC(N)=O. The van der Waals surface area contributed by atoms with Gasteiger partial charge in [-0.3, -0.25) is 4.79 Å². The molecule has 0 aliphatic heterocycles. The van der Waals surface area contributed by atoms with Crippen LogP contribution in [0.2, 0.25) is 0 Å². The number of aryl methyl sites for hydroxylation is 1. The van der Waals surface area contributed by atoms with Gasteiger partial charge in [-0.05, 0) is 48.6 Å². The van der Waals surface area contributed by atoms with Gasteiger partial charge in [0.25, 0.3) is 0 Å². The van der Waals surface area contributed by atoms with Gasteiger partial charge in [-0.2, -0.15) is 0 Å². The lowest BCUT2D eigenvalue weighted by Gasteiger charge is -2.26. The molecule has 3 amide bonds. The zero-order valence-electron chi connectivity index (χ0n) is 15.3. The number of nitrogens with zero attached hydrogens (tertiary/aromatic N) is 1. The number of carbonyl (C=O) groups is 2. The Balaban J connectivity index is 1.76. The first-order valence-electron chi connectivity index (χ1n) is 9.09.